The fourth-order valence-corrected chi connectivity index (χ4v) is 5.02. The van der Waals surface area contributed by atoms with E-state index < -0.39 is 11.9 Å². The summed E-state index contributed by atoms with van der Waals surface area (Å²) in [5, 5.41) is 0. The molecule has 0 aromatic heterocycles. The van der Waals surface area contributed by atoms with Crippen molar-refractivity contribution in [2.75, 3.05) is 54.5 Å². The predicted octanol–water partition coefficient (Wildman–Crippen LogP) is 5.85. The Morgan fingerprint density at radius 3 is 1.96 bits per heavy atom. The third-order valence-corrected chi connectivity index (χ3v) is 7.44. The smallest absolute Gasteiger partial charge is 0.387 e. The summed E-state index contributed by atoms with van der Waals surface area (Å²) in [4.78, 5) is 40.2. The largest absolute Gasteiger partial charge is 0.492 e. The van der Waals surface area contributed by atoms with Crippen molar-refractivity contribution in [3.05, 3.63) is 113 Å². The molecule has 0 heterocycles. The molecule has 0 saturated heterocycles. The monoisotopic (exact) mass is 606 g/mol. The summed E-state index contributed by atoms with van der Waals surface area (Å²) >= 11 is 0. The van der Waals surface area contributed by atoms with Gasteiger partial charge in [0.05, 0.1) is 5.57 Å². The molecule has 8 heteroatoms. The molecule has 2 aromatic rings. The molecule has 5 rings (SSSR count). The van der Waals surface area contributed by atoms with Crippen molar-refractivity contribution in [2.24, 2.45) is 0 Å². The van der Waals surface area contributed by atoms with Crippen molar-refractivity contribution in [1.82, 2.24) is 9.80 Å². The maximum absolute atomic E-state index is 13.5. The van der Waals surface area contributed by atoms with Crippen molar-refractivity contribution in [3.63, 3.8) is 0 Å². The highest BCUT2D eigenvalue weighted by molar-refractivity contribution is 6.27. The minimum absolute atomic E-state index is 0.366. The van der Waals surface area contributed by atoms with E-state index in [4.69, 9.17) is 19.2 Å². The molecule has 232 valence electrons. The predicted molar refractivity (Wildman–Crippen MR) is 176 cm³/mol. The van der Waals surface area contributed by atoms with Gasteiger partial charge in [-0.3, -0.25) is 0 Å². The van der Waals surface area contributed by atoms with Crippen LogP contribution in [0.5, 0.6) is 11.5 Å². The highest BCUT2D eigenvalue weighted by atomic mass is 17.2. The van der Waals surface area contributed by atoms with Crippen LogP contribution >= 0.6 is 0 Å². The molecule has 8 nitrogen and oxygen atoms in total. The van der Waals surface area contributed by atoms with Crippen LogP contribution in [-0.4, -0.2) is 76.2 Å². The standard InChI is InChI=1S/C37H38N2O6/c1-38(2)20-22-42-31-14-8-26(9-15-31)10-19-35(40)44-45-37(41)36-33-18-13-27-6-5-7-29(27)24-30(33)25-34(36)28-11-16-32(17-12-28)43-23-21-39(3)4/h5-19,24H,20-23,25H2,1-4H3/b19-10+. The first kappa shape index (κ1) is 31.5. The van der Waals surface area contributed by atoms with Crippen molar-refractivity contribution in [2.45, 2.75) is 6.42 Å². The van der Waals surface area contributed by atoms with Gasteiger partial charge in [0, 0.05) is 19.2 Å². The molecular weight excluding hydrogens is 568 g/mol. The lowest BCUT2D eigenvalue weighted by atomic mass is 10.00. The van der Waals surface area contributed by atoms with Gasteiger partial charge in [0.2, 0.25) is 0 Å². The molecule has 0 N–H and O–H groups in total. The molecular formula is C37H38N2O6. The van der Waals surface area contributed by atoms with Crippen LogP contribution in [-0.2, 0) is 25.8 Å². The zero-order chi connectivity index (χ0) is 31.8. The number of ether oxygens (including phenoxy) is 2. The van der Waals surface area contributed by atoms with Gasteiger partial charge in [-0.15, -0.1) is 0 Å². The van der Waals surface area contributed by atoms with Crippen LogP contribution in [0.25, 0.3) is 28.3 Å². The lowest BCUT2D eigenvalue weighted by Gasteiger charge is -2.12. The first-order chi connectivity index (χ1) is 21.8. The minimum atomic E-state index is -0.799. The topological polar surface area (TPSA) is 77.5 Å². The van der Waals surface area contributed by atoms with E-state index in [1.54, 1.807) is 6.08 Å². The second kappa shape index (κ2) is 14.7. The van der Waals surface area contributed by atoms with E-state index in [2.05, 4.69) is 11.0 Å². The number of fused-ring (bicyclic) bond motifs is 2. The molecule has 2 aromatic carbocycles. The van der Waals surface area contributed by atoms with Crippen LogP contribution < -0.4 is 9.47 Å². The van der Waals surface area contributed by atoms with Gasteiger partial charge in [-0.05, 0) is 104 Å². The minimum Gasteiger partial charge on any atom is -0.492 e. The summed E-state index contributed by atoms with van der Waals surface area (Å²) in [5.74, 6) is -0.0445. The average molecular weight is 607 g/mol. The average Bonchev–Trinajstić information content (AvgIpc) is 3.58. The Bertz CT molecular complexity index is 1660. The SMILES string of the molecule is CN(C)CCOc1ccc(/C=C/C(=O)OOC(=O)C2=C(c3ccc(OCCN(C)C)cc3)Cc3cc4cccc-4ccc32)cc1. The van der Waals surface area contributed by atoms with Crippen molar-refractivity contribution in [1.29, 1.82) is 0 Å². The molecule has 45 heavy (non-hydrogen) atoms. The maximum atomic E-state index is 13.5. The van der Waals surface area contributed by atoms with Crippen LogP contribution in [0, 0.1) is 0 Å². The zero-order valence-electron chi connectivity index (χ0n) is 26.1. The van der Waals surface area contributed by atoms with Crippen molar-refractivity contribution >= 4 is 29.2 Å². The molecule has 0 radical (unpaired) electrons. The quantitative estimate of drug-likeness (QED) is 0.113. The van der Waals surface area contributed by atoms with Crippen LogP contribution in [0.3, 0.4) is 0 Å². The summed E-state index contributed by atoms with van der Waals surface area (Å²) in [5.41, 5.74) is 6.68. The number of carbonyl (C=O) groups is 2. The number of hydrogen-bond acceptors (Lipinski definition) is 8. The third-order valence-electron chi connectivity index (χ3n) is 7.44. The number of nitrogens with zero attached hydrogens (tertiary/aromatic N) is 2. The second-order valence-electron chi connectivity index (χ2n) is 11.4. The van der Waals surface area contributed by atoms with Gasteiger partial charge in [0.25, 0.3) is 0 Å². The third kappa shape index (κ3) is 8.38. The van der Waals surface area contributed by atoms with E-state index in [0.717, 1.165) is 63.5 Å². The van der Waals surface area contributed by atoms with Crippen LogP contribution in [0.1, 0.15) is 22.3 Å². The zero-order valence-corrected chi connectivity index (χ0v) is 26.1. The number of carbonyl (C=O) groups excluding carboxylic acids is 2. The van der Waals surface area contributed by atoms with E-state index in [0.29, 0.717) is 25.2 Å². The summed E-state index contributed by atoms with van der Waals surface area (Å²) in [6.45, 7) is 2.76. The van der Waals surface area contributed by atoms with Gasteiger partial charge < -0.3 is 19.3 Å². The lowest BCUT2D eigenvalue weighted by molar-refractivity contribution is -0.249. The van der Waals surface area contributed by atoms with E-state index >= 15 is 0 Å². The molecule has 0 spiro atoms. The highest BCUT2D eigenvalue weighted by Crippen LogP contribution is 2.41. The Labute approximate surface area is 264 Å². The van der Waals surface area contributed by atoms with E-state index in [1.165, 1.54) is 6.08 Å². The highest BCUT2D eigenvalue weighted by Gasteiger charge is 2.30. The Kier molecular flexibility index (Phi) is 10.3. The van der Waals surface area contributed by atoms with E-state index in [-0.39, 0.29) is 0 Å². The van der Waals surface area contributed by atoms with Gasteiger partial charge in [-0.25, -0.2) is 19.4 Å². The molecule has 0 fully saturated rings. The lowest BCUT2D eigenvalue weighted by Crippen LogP contribution is -2.19. The summed E-state index contributed by atoms with van der Waals surface area (Å²) in [7, 11) is 7.97. The van der Waals surface area contributed by atoms with E-state index in [1.807, 2.05) is 112 Å². The number of likely N-dealkylation sites (N-methyl/N-ethyl adjacent to an activating group) is 2. The van der Waals surface area contributed by atoms with Crippen LogP contribution in [0.15, 0.2) is 91.0 Å². The van der Waals surface area contributed by atoms with Gasteiger partial charge in [-0.1, -0.05) is 60.7 Å². The fourth-order valence-electron chi connectivity index (χ4n) is 5.02. The van der Waals surface area contributed by atoms with Gasteiger partial charge >= 0.3 is 11.9 Å². The Morgan fingerprint density at radius 2 is 1.31 bits per heavy atom. The molecule has 0 aliphatic heterocycles. The molecule has 0 amide bonds. The maximum Gasteiger partial charge on any atom is 0.387 e. The van der Waals surface area contributed by atoms with Gasteiger partial charge in [0.15, 0.2) is 0 Å². The number of rotatable bonds is 12. The summed E-state index contributed by atoms with van der Waals surface area (Å²) < 4.78 is 11.6. The van der Waals surface area contributed by atoms with Crippen molar-refractivity contribution in [3.8, 4) is 22.6 Å². The summed E-state index contributed by atoms with van der Waals surface area (Å²) in [6.07, 6.45) is 3.33. The number of hydrogen-bond donors (Lipinski definition) is 0. The normalized spacial score (nSPS) is 12.7. The Hall–Kier alpha value is -4.92. The molecule has 0 atom stereocenters. The van der Waals surface area contributed by atoms with Crippen LogP contribution in [0.4, 0.5) is 0 Å². The van der Waals surface area contributed by atoms with E-state index in [9.17, 15) is 9.59 Å². The Morgan fingerprint density at radius 1 is 0.711 bits per heavy atom. The molecule has 3 aliphatic rings. The van der Waals surface area contributed by atoms with Crippen molar-refractivity contribution < 1.29 is 28.8 Å². The molecule has 3 aliphatic carbocycles. The first-order valence-corrected chi connectivity index (χ1v) is 14.9. The fraction of sp³-hybridized carbons (Fsp3) is 0.243. The van der Waals surface area contributed by atoms with Crippen LogP contribution in [0.2, 0.25) is 0 Å². The van der Waals surface area contributed by atoms with Gasteiger partial charge in [-0.2, -0.15) is 0 Å². The molecule has 0 unspecified atom stereocenters. The Balaban J connectivity index is 1.29. The number of allylic oxidation sites excluding steroid dienone is 1. The summed E-state index contributed by atoms with van der Waals surface area (Å²) in [6, 6.07) is 27.1. The van der Waals surface area contributed by atoms with Gasteiger partial charge in [0.1, 0.15) is 24.7 Å². The second-order valence-corrected chi connectivity index (χ2v) is 11.4. The molecule has 0 saturated carbocycles. The first-order valence-electron chi connectivity index (χ1n) is 14.9. The molecule has 0 bridgehead atoms. The number of benzene rings is 2.